The van der Waals surface area contributed by atoms with Crippen molar-refractivity contribution in [3.8, 4) is 0 Å². The molecule has 0 spiro atoms. The Labute approximate surface area is 119 Å². The summed E-state index contributed by atoms with van der Waals surface area (Å²) >= 11 is 0. The monoisotopic (exact) mass is 284 g/mol. The molecule has 20 heavy (non-hydrogen) atoms. The number of carbonyl (C=O) groups excluding carboxylic acids is 1. The number of nitrogens with zero attached hydrogens (tertiary/aromatic N) is 1. The lowest BCUT2D eigenvalue weighted by molar-refractivity contribution is -0.146. The minimum Gasteiger partial charge on any atom is -0.481 e. The second kappa shape index (κ2) is 6.54. The molecular formula is C14H24N2O4. The number of carbonyl (C=O) groups is 2. The van der Waals surface area contributed by atoms with Gasteiger partial charge < -0.3 is 20.5 Å². The van der Waals surface area contributed by atoms with Gasteiger partial charge in [-0.25, -0.2) is 0 Å². The average Bonchev–Trinajstić information content (AvgIpc) is 2.95. The number of aliphatic carboxylic acids is 1. The minimum absolute atomic E-state index is 0.0295. The third-order valence-corrected chi connectivity index (χ3v) is 4.74. The zero-order valence-corrected chi connectivity index (χ0v) is 12.0. The van der Waals surface area contributed by atoms with Crippen LogP contribution in [0.15, 0.2) is 0 Å². The van der Waals surface area contributed by atoms with E-state index in [1.807, 2.05) is 0 Å². The van der Waals surface area contributed by atoms with Crippen LogP contribution in [0.3, 0.4) is 0 Å². The number of carboxylic acids is 1. The van der Waals surface area contributed by atoms with E-state index in [4.69, 9.17) is 10.5 Å². The fourth-order valence-electron chi connectivity index (χ4n) is 3.40. The summed E-state index contributed by atoms with van der Waals surface area (Å²) < 4.78 is 5.24. The lowest BCUT2D eigenvalue weighted by Crippen LogP contribution is -2.48. The Bertz CT molecular complexity index is 374. The van der Waals surface area contributed by atoms with Crippen LogP contribution in [0.1, 0.15) is 25.7 Å². The molecule has 3 N–H and O–H groups in total. The predicted molar refractivity (Wildman–Crippen MR) is 73.0 cm³/mol. The van der Waals surface area contributed by atoms with Crippen molar-refractivity contribution in [1.82, 2.24) is 4.90 Å². The van der Waals surface area contributed by atoms with E-state index in [9.17, 15) is 14.7 Å². The molecule has 4 unspecified atom stereocenters. The highest BCUT2D eigenvalue weighted by Gasteiger charge is 2.41. The summed E-state index contributed by atoms with van der Waals surface area (Å²) in [6.07, 6.45) is 4.02. The van der Waals surface area contributed by atoms with Crippen molar-refractivity contribution in [2.45, 2.75) is 31.7 Å². The van der Waals surface area contributed by atoms with Crippen LogP contribution < -0.4 is 5.73 Å². The van der Waals surface area contributed by atoms with Crippen LogP contribution in [0.4, 0.5) is 0 Å². The molecule has 0 aromatic rings. The predicted octanol–water partition coefficient (Wildman–Crippen LogP) is 0.310. The van der Waals surface area contributed by atoms with Gasteiger partial charge in [0.15, 0.2) is 0 Å². The van der Waals surface area contributed by atoms with Gasteiger partial charge in [0.2, 0.25) is 5.91 Å². The first kappa shape index (κ1) is 15.3. The number of hydrogen-bond donors (Lipinski definition) is 2. The van der Waals surface area contributed by atoms with Crippen LogP contribution >= 0.6 is 0 Å². The third-order valence-electron chi connectivity index (χ3n) is 4.74. The number of carboxylic acid groups (broad SMARTS) is 1. The molecule has 2 aliphatic rings. The van der Waals surface area contributed by atoms with Crippen molar-refractivity contribution < 1.29 is 19.4 Å². The Hall–Kier alpha value is -1.14. The summed E-state index contributed by atoms with van der Waals surface area (Å²) in [7, 11) is 1.69. The van der Waals surface area contributed by atoms with E-state index in [0.29, 0.717) is 13.2 Å². The first-order valence-electron chi connectivity index (χ1n) is 7.33. The van der Waals surface area contributed by atoms with Gasteiger partial charge in [0.25, 0.3) is 0 Å². The van der Waals surface area contributed by atoms with E-state index in [-0.39, 0.29) is 30.4 Å². The fraction of sp³-hybridized carbons (Fsp3) is 0.857. The zero-order chi connectivity index (χ0) is 14.7. The smallest absolute Gasteiger partial charge is 0.311 e. The van der Waals surface area contributed by atoms with Gasteiger partial charge in [0, 0.05) is 13.0 Å². The molecule has 0 aromatic carbocycles. The average molecular weight is 284 g/mol. The van der Waals surface area contributed by atoms with Crippen LogP contribution in [0.5, 0.6) is 0 Å². The molecule has 4 atom stereocenters. The Morgan fingerprint density at radius 3 is 2.60 bits per heavy atom. The number of hydrogen-bond acceptors (Lipinski definition) is 4. The van der Waals surface area contributed by atoms with Gasteiger partial charge in [-0.15, -0.1) is 0 Å². The van der Waals surface area contributed by atoms with E-state index in [0.717, 1.165) is 25.7 Å². The second-order valence-corrected chi connectivity index (χ2v) is 5.89. The number of likely N-dealkylation sites (N-methyl/N-ethyl adjacent to an activating group) is 1. The molecule has 1 saturated heterocycles. The second-order valence-electron chi connectivity index (χ2n) is 5.89. The van der Waals surface area contributed by atoms with Crippen LogP contribution in [0.2, 0.25) is 0 Å². The van der Waals surface area contributed by atoms with Crippen molar-refractivity contribution in [2.75, 3.05) is 26.8 Å². The van der Waals surface area contributed by atoms with E-state index in [1.165, 1.54) is 0 Å². The van der Waals surface area contributed by atoms with Gasteiger partial charge in [-0.1, -0.05) is 12.8 Å². The molecule has 2 rings (SSSR count). The normalized spacial score (nSPS) is 33.9. The first-order valence-corrected chi connectivity index (χ1v) is 7.33. The molecule has 0 bridgehead atoms. The number of amides is 1. The van der Waals surface area contributed by atoms with Crippen molar-refractivity contribution in [2.24, 2.45) is 23.5 Å². The van der Waals surface area contributed by atoms with E-state index in [1.54, 1.807) is 11.9 Å². The Morgan fingerprint density at radius 1 is 1.25 bits per heavy atom. The van der Waals surface area contributed by atoms with Gasteiger partial charge in [-0.3, -0.25) is 9.59 Å². The maximum absolute atomic E-state index is 12.6. The standard InChI is InChI=1S/C14H24N2O4/c1-16(12-8-20-7-11(12)14(18)19)13(17)10-5-3-2-4-9(10)6-15/h9-12H,2-8,15H2,1H3,(H,18,19). The van der Waals surface area contributed by atoms with Crippen molar-refractivity contribution in [3.63, 3.8) is 0 Å². The first-order chi connectivity index (χ1) is 9.56. The molecule has 2 fully saturated rings. The topological polar surface area (TPSA) is 92.9 Å². The zero-order valence-electron chi connectivity index (χ0n) is 12.0. The van der Waals surface area contributed by atoms with Gasteiger partial charge in [0.05, 0.1) is 19.3 Å². The fourth-order valence-corrected chi connectivity index (χ4v) is 3.40. The number of rotatable bonds is 4. The van der Waals surface area contributed by atoms with Crippen molar-refractivity contribution >= 4 is 11.9 Å². The minimum atomic E-state index is -0.897. The van der Waals surface area contributed by atoms with Crippen LogP contribution in [-0.4, -0.2) is 54.7 Å². The SMILES string of the molecule is CN(C(=O)C1CCCCC1CN)C1COCC1C(=O)O. The Balaban J connectivity index is 2.05. The molecule has 0 aromatic heterocycles. The van der Waals surface area contributed by atoms with E-state index >= 15 is 0 Å². The largest absolute Gasteiger partial charge is 0.481 e. The molecule has 1 heterocycles. The maximum Gasteiger partial charge on any atom is 0.311 e. The van der Waals surface area contributed by atoms with E-state index in [2.05, 4.69) is 0 Å². The number of ether oxygens (including phenoxy) is 1. The summed E-state index contributed by atoms with van der Waals surface area (Å²) in [5.41, 5.74) is 5.77. The van der Waals surface area contributed by atoms with Crippen LogP contribution in [-0.2, 0) is 14.3 Å². The molecule has 6 heteroatoms. The summed E-state index contributed by atoms with van der Waals surface area (Å²) in [5.74, 6) is -1.32. The van der Waals surface area contributed by atoms with Crippen molar-refractivity contribution in [1.29, 1.82) is 0 Å². The van der Waals surface area contributed by atoms with Gasteiger partial charge in [-0.05, 0) is 25.3 Å². The molecular weight excluding hydrogens is 260 g/mol. The lowest BCUT2D eigenvalue weighted by atomic mass is 9.78. The van der Waals surface area contributed by atoms with Gasteiger partial charge >= 0.3 is 5.97 Å². The van der Waals surface area contributed by atoms with Crippen molar-refractivity contribution in [3.05, 3.63) is 0 Å². The highest BCUT2D eigenvalue weighted by Crippen LogP contribution is 2.32. The number of nitrogens with two attached hydrogens (primary N) is 1. The molecule has 1 aliphatic carbocycles. The molecule has 1 saturated carbocycles. The third kappa shape index (κ3) is 2.96. The molecule has 1 amide bonds. The maximum atomic E-state index is 12.6. The van der Waals surface area contributed by atoms with Gasteiger partial charge in [0.1, 0.15) is 5.92 Å². The van der Waals surface area contributed by atoms with Gasteiger partial charge in [-0.2, -0.15) is 0 Å². The summed E-state index contributed by atoms with van der Waals surface area (Å²) in [6.45, 7) is 1.01. The lowest BCUT2D eigenvalue weighted by Gasteiger charge is -2.35. The highest BCUT2D eigenvalue weighted by atomic mass is 16.5. The molecule has 6 nitrogen and oxygen atoms in total. The van der Waals surface area contributed by atoms with Crippen LogP contribution in [0.25, 0.3) is 0 Å². The quantitative estimate of drug-likeness (QED) is 0.775. The molecule has 114 valence electrons. The Kier molecular flexibility index (Phi) is 4.99. The summed E-state index contributed by atoms with van der Waals surface area (Å²) in [6, 6.07) is -0.361. The Morgan fingerprint density at radius 2 is 1.95 bits per heavy atom. The summed E-state index contributed by atoms with van der Waals surface area (Å²) in [4.78, 5) is 25.4. The highest BCUT2D eigenvalue weighted by molar-refractivity contribution is 5.81. The molecule has 1 aliphatic heterocycles. The molecule has 0 radical (unpaired) electrons. The summed E-state index contributed by atoms with van der Waals surface area (Å²) in [5, 5.41) is 9.18. The van der Waals surface area contributed by atoms with Crippen LogP contribution in [0, 0.1) is 17.8 Å². The van der Waals surface area contributed by atoms with E-state index < -0.39 is 11.9 Å².